The topological polar surface area (TPSA) is 92.9 Å². The van der Waals surface area contributed by atoms with Gasteiger partial charge in [-0.25, -0.2) is 4.39 Å². The van der Waals surface area contributed by atoms with Crippen molar-refractivity contribution in [2.75, 3.05) is 13.1 Å². The number of carboxylic acid groups (broad SMARTS) is 1. The minimum atomic E-state index is -1.11. The monoisotopic (exact) mass is 336 g/mol. The zero-order valence-electron chi connectivity index (χ0n) is 13.1. The molecule has 1 heterocycles. The average molecular weight is 336 g/mol. The molecule has 0 aliphatic heterocycles. The number of carbonyl (C=O) groups is 2. The summed E-state index contributed by atoms with van der Waals surface area (Å²) in [5, 5.41) is 12.5. The Labute approximate surface area is 137 Å². The van der Waals surface area contributed by atoms with Gasteiger partial charge in [0.1, 0.15) is 13.2 Å². The van der Waals surface area contributed by atoms with E-state index in [1.54, 1.807) is 6.07 Å². The summed E-state index contributed by atoms with van der Waals surface area (Å²) in [6.07, 6.45) is 0.611. The molecule has 7 nitrogen and oxygen atoms in total. The lowest BCUT2D eigenvalue weighted by molar-refractivity contribution is -0.137. The first-order chi connectivity index (χ1) is 11.5. The van der Waals surface area contributed by atoms with E-state index in [1.165, 1.54) is 29.2 Å². The molecule has 0 spiro atoms. The first kappa shape index (κ1) is 17.5. The van der Waals surface area contributed by atoms with Gasteiger partial charge in [-0.2, -0.15) is 0 Å². The Bertz CT molecular complexity index is 716. The molecule has 0 saturated carbocycles. The van der Waals surface area contributed by atoms with E-state index in [1.807, 2.05) is 6.92 Å². The van der Waals surface area contributed by atoms with E-state index in [9.17, 15) is 14.0 Å². The van der Waals surface area contributed by atoms with Gasteiger partial charge in [-0.3, -0.25) is 9.59 Å². The molecule has 0 bridgehead atoms. The van der Waals surface area contributed by atoms with Crippen LogP contribution in [-0.4, -0.2) is 40.1 Å². The Morgan fingerprint density at radius 2 is 2.12 bits per heavy atom. The lowest BCUT2D eigenvalue weighted by Crippen LogP contribution is -2.36. The molecule has 0 atom stereocenters. The molecule has 0 aliphatic carbocycles. The standard InChI is InChI=1S/C16H17FN2O5/c1-2-7-19(9-15(20)21)16(22)13-8-11(24-18-13)10-23-14-6-4-3-5-12(14)17/h3-6,8H,2,7,9-10H2,1H3,(H,20,21). The molecule has 2 aromatic rings. The fourth-order valence-corrected chi connectivity index (χ4v) is 2.04. The van der Waals surface area contributed by atoms with Crippen LogP contribution in [0.25, 0.3) is 0 Å². The Balaban J connectivity index is 2.02. The number of benzene rings is 1. The third-order valence-corrected chi connectivity index (χ3v) is 3.09. The van der Waals surface area contributed by atoms with Crippen LogP contribution in [0, 0.1) is 5.82 Å². The summed E-state index contributed by atoms with van der Waals surface area (Å²) in [5.41, 5.74) is -0.0168. The Hall–Kier alpha value is -2.90. The van der Waals surface area contributed by atoms with Crippen molar-refractivity contribution in [3.8, 4) is 5.75 Å². The first-order valence-corrected chi connectivity index (χ1v) is 7.35. The number of carboxylic acids is 1. The number of hydrogen-bond acceptors (Lipinski definition) is 5. The van der Waals surface area contributed by atoms with Gasteiger partial charge >= 0.3 is 5.97 Å². The molecule has 1 amide bonds. The van der Waals surface area contributed by atoms with E-state index in [0.29, 0.717) is 13.0 Å². The normalized spacial score (nSPS) is 10.4. The van der Waals surface area contributed by atoms with Gasteiger partial charge in [0.05, 0.1) is 0 Å². The van der Waals surface area contributed by atoms with Gasteiger partial charge in [0.15, 0.2) is 23.0 Å². The molecule has 1 N–H and O–H groups in total. The Kier molecular flexibility index (Phi) is 5.89. The fourth-order valence-electron chi connectivity index (χ4n) is 2.04. The summed E-state index contributed by atoms with van der Waals surface area (Å²) in [4.78, 5) is 24.2. The van der Waals surface area contributed by atoms with Crippen LogP contribution in [0.4, 0.5) is 4.39 Å². The summed E-state index contributed by atoms with van der Waals surface area (Å²) in [5.74, 6) is -1.87. The lowest BCUT2D eigenvalue weighted by Gasteiger charge is -2.18. The van der Waals surface area contributed by atoms with E-state index in [2.05, 4.69) is 5.16 Å². The molecular weight excluding hydrogens is 319 g/mol. The van der Waals surface area contributed by atoms with Gasteiger partial charge < -0.3 is 19.3 Å². The predicted molar refractivity (Wildman–Crippen MR) is 81.1 cm³/mol. The van der Waals surface area contributed by atoms with Crippen molar-refractivity contribution < 1.29 is 28.3 Å². The molecule has 1 aromatic heterocycles. The van der Waals surface area contributed by atoms with Crippen LogP contribution in [0.5, 0.6) is 5.75 Å². The van der Waals surface area contributed by atoms with E-state index in [-0.39, 0.29) is 23.8 Å². The summed E-state index contributed by atoms with van der Waals surface area (Å²) < 4.78 is 23.7. The van der Waals surface area contributed by atoms with Crippen LogP contribution in [0.2, 0.25) is 0 Å². The SMILES string of the molecule is CCCN(CC(=O)O)C(=O)c1cc(COc2ccccc2F)on1. The largest absolute Gasteiger partial charge is 0.482 e. The lowest BCUT2D eigenvalue weighted by atomic mass is 10.3. The van der Waals surface area contributed by atoms with Gasteiger partial charge in [0.2, 0.25) is 0 Å². The number of aliphatic carboxylic acids is 1. The average Bonchev–Trinajstić information content (AvgIpc) is 3.01. The highest BCUT2D eigenvalue weighted by Crippen LogP contribution is 2.17. The van der Waals surface area contributed by atoms with Gasteiger partial charge in [-0.1, -0.05) is 24.2 Å². The maximum absolute atomic E-state index is 13.5. The van der Waals surface area contributed by atoms with Crippen LogP contribution >= 0.6 is 0 Å². The van der Waals surface area contributed by atoms with E-state index in [0.717, 1.165) is 0 Å². The molecule has 128 valence electrons. The van der Waals surface area contributed by atoms with Gasteiger partial charge in [-0.15, -0.1) is 0 Å². The highest BCUT2D eigenvalue weighted by Gasteiger charge is 2.21. The molecule has 2 rings (SSSR count). The maximum atomic E-state index is 13.5. The number of hydrogen-bond donors (Lipinski definition) is 1. The van der Waals surface area contributed by atoms with Gasteiger partial charge in [-0.05, 0) is 18.6 Å². The number of nitrogens with zero attached hydrogens (tertiary/aromatic N) is 2. The minimum Gasteiger partial charge on any atom is -0.482 e. The smallest absolute Gasteiger partial charge is 0.323 e. The number of ether oxygens (including phenoxy) is 1. The van der Waals surface area contributed by atoms with Crippen molar-refractivity contribution in [3.05, 3.63) is 47.6 Å². The van der Waals surface area contributed by atoms with Crippen LogP contribution in [0.3, 0.4) is 0 Å². The van der Waals surface area contributed by atoms with Crippen LogP contribution < -0.4 is 4.74 Å². The Morgan fingerprint density at radius 3 is 2.79 bits per heavy atom. The van der Waals surface area contributed by atoms with E-state index >= 15 is 0 Å². The summed E-state index contributed by atoms with van der Waals surface area (Å²) in [7, 11) is 0. The van der Waals surface area contributed by atoms with Crippen LogP contribution in [0.15, 0.2) is 34.9 Å². The van der Waals surface area contributed by atoms with Crippen LogP contribution in [0.1, 0.15) is 29.6 Å². The summed E-state index contributed by atoms with van der Waals surface area (Å²) in [6, 6.07) is 7.25. The zero-order valence-corrected chi connectivity index (χ0v) is 13.1. The molecule has 24 heavy (non-hydrogen) atoms. The van der Waals surface area contributed by atoms with Crippen LogP contribution in [-0.2, 0) is 11.4 Å². The molecule has 8 heteroatoms. The summed E-state index contributed by atoms with van der Waals surface area (Å²) >= 11 is 0. The quantitative estimate of drug-likeness (QED) is 0.795. The van der Waals surface area contributed by atoms with Crippen molar-refractivity contribution in [1.82, 2.24) is 10.1 Å². The van der Waals surface area contributed by atoms with E-state index in [4.69, 9.17) is 14.4 Å². The van der Waals surface area contributed by atoms with Crippen molar-refractivity contribution in [3.63, 3.8) is 0 Å². The van der Waals surface area contributed by atoms with Crippen molar-refractivity contribution in [2.45, 2.75) is 20.0 Å². The Morgan fingerprint density at radius 1 is 1.38 bits per heavy atom. The first-order valence-electron chi connectivity index (χ1n) is 7.35. The molecule has 1 aromatic carbocycles. The van der Waals surface area contributed by atoms with Gasteiger partial charge in [0.25, 0.3) is 5.91 Å². The minimum absolute atomic E-state index is 0.0168. The zero-order chi connectivity index (χ0) is 17.5. The number of amides is 1. The number of para-hydroxylation sites is 1. The highest BCUT2D eigenvalue weighted by molar-refractivity contribution is 5.94. The maximum Gasteiger partial charge on any atom is 0.323 e. The van der Waals surface area contributed by atoms with Crippen molar-refractivity contribution in [2.24, 2.45) is 0 Å². The number of aromatic nitrogens is 1. The predicted octanol–water partition coefficient (Wildman–Crippen LogP) is 2.33. The second kappa shape index (κ2) is 8.09. The number of rotatable bonds is 8. The molecular formula is C16H17FN2O5. The highest BCUT2D eigenvalue weighted by atomic mass is 19.1. The fraction of sp³-hybridized carbons (Fsp3) is 0.312. The van der Waals surface area contributed by atoms with E-state index < -0.39 is 24.2 Å². The number of halogens is 1. The molecule has 0 radical (unpaired) electrons. The second-order valence-electron chi connectivity index (χ2n) is 5.02. The molecule has 0 saturated heterocycles. The van der Waals surface area contributed by atoms with Crippen molar-refractivity contribution >= 4 is 11.9 Å². The number of carbonyl (C=O) groups excluding carboxylic acids is 1. The van der Waals surface area contributed by atoms with Gasteiger partial charge in [0, 0.05) is 12.6 Å². The third-order valence-electron chi connectivity index (χ3n) is 3.09. The molecule has 0 aliphatic rings. The molecule has 0 unspecified atom stereocenters. The summed E-state index contributed by atoms with van der Waals surface area (Å²) in [6.45, 7) is 1.60. The van der Waals surface area contributed by atoms with Crippen molar-refractivity contribution in [1.29, 1.82) is 0 Å². The second-order valence-corrected chi connectivity index (χ2v) is 5.02. The third kappa shape index (κ3) is 4.55. The molecule has 0 fully saturated rings.